The molecule has 2 heterocycles. The van der Waals surface area contributed by atoms with Gasteiger partial charge >= 0.3 is 5.97 Å². The van der Waals surface area contributed by atoms with Crippen molar-refractivity contribution in [3.63, 3.8) is 0 Å². The highest BCUT2D eigenvalue weighted by Crippen LogP contribution is 2.22. The Morgan fingerprint density at radius 1 is 1.39 bits per heavy atom. The van der Waals surface area contributed by atoms with Gasteiger partial charge in [-0.25, -0.2) is 9.78 Å². The largest absolute Gasteiger partial charge is 0.497 e. The van der Waals surface area contributed by atoms with Gasteiger partial charge in [0.15, 0.2) is 5.69 Å². The molecule has 1 N–H and O–H groups in total. The van der Waals surface area contributed by atoms with Crippen LogP contribution in [-0.2, 0) is 4.74 Å². The van der Waals surface area contributed by atoms with Crippen molar-refractivity contribution in [2.75, 3.05) is 20.3 Å². The third kappa shape index (κ3) is 4.19. The van der Waals surface area contributed by atoms with Gasteiger partial charge in [0.25, 0.3) is 5.91 Å². The van der Waals surface area contributed by atoms with Crippen LogP contribution in [0, 0.1) is 0 Å². The van der Waals surface area contributed by atoms with E-state index in [2.05, 4.69) is 4.98 Å². The molecule has 1 atom stereocenters. The van der Waals surface area contributed by atoms with Crippen LogP contribution < -0.4 is 4.74 Å². The molecular formula is C16H22N2O5. The first kappa shape index (κ1) is 17.2. The van der Waals surface area contributed by atoms with E-state index in [1.165, 1.54) is 19.2 Å². The zero-order valence-electron chi connectivity index (χ0n) is 13.6. The highest BCUT2D eigenvalue weighted by Gasteiger charge is 2.31. The average Bonchev–Trinajstić information content (AvgIpc) is 3.00. The molecule has 7 heteroatoms. The SMILES string of the molecule is COc1cc(C(=O)O)nc(C(=O)N2CCCC2COC(C)C)c1. The summed E-state index contributed by atoms with van der Waals surface area (Å²) in [5.41, 5.74) is -0.125. The summed E-state index contributed by atoms with van der Waals surface area (Å²) in [6, 6.07) is 2.75. The fraction of sp³-hybridized carbons (Fsp3) is 0.562. The summed E-state index contributed by atoms with van der Waals surface area (Å²) in [4.78, 5) is 29.5. The van der Waals surface area contributed by atoms with Gasteiger partial charge in [-0.15, -0.1) is 0 Å². The molecule has 1 saturated heterocycles. The fourth-order valence-electron chi connectivity index (χ4n) is 2.57. The topological polar surface area (TPSA) is 89.0 Å². The number of nitrogens with zero attached hydrogens (tertiary/aromatic N) is 2. The van der Waals surface area contributed by atoms with E-state index in [1.807, 2.05) is 13.8 Å². The Hall–Kier alpha value is -2.15. The lowest BCUT2D eigenvalue weighted by molar-refractivity contribution is 0.0323. The number of aromatic carboxylic acids is 1. The van der Waals surface area contributed by atoms with Crippen molar-refractivity contribution in [1.82, 2.24) is 9.88 Å². The van der Waals surface area contributed by atoms with E-state index >= 15 is 0 Å². The van der Waals surface area contributed by atoms with Crippen molar-refractivity contribution in [1.29, 1.82) is 0 Å². The van der Waals surface area contributed by atoms with Crippen LogP contribution in [0.25, 0.3) is 0 Å². The lowest BCUT2D eigenvalue weighted by Crippen LogP contribution is -2.39. The molecule has 23 heavy (non-hydrogen) atoms. The van der Waals surface area contributed by atoms with Gasteiger partial charge in [0, 0.05) is 18.7 Å². The van der Waals surface area contributed by atoms with Gasteiger partial charge in [0.05, 0.1) is 25.9 Å². The smallest absolute Gasteiger partial charge is 0.354 e. The molecule has 0 radical (unpaired) electrons. The monoisotopic (exact) mass is 322 g/mol. The Kier molecular flexibility index (Phi) is 5.54. The highest BCUT2D eigenvalue weighted by molar-refractivity contribution is 5.95. The molecule has 0 saturated carbocycles. The van der Waals surface area contributed by atoms with Gasteiger partial charge in [-0.05, 0) is 26.7 Å². The maximum Gasteiger partial charge on any atom is 0.354 e. The third-order valence-corrected chi connectivity index (χ3v) is 3.73. The van der Waals surface area contributed by atoms with Crippen LogP contribution in [0.5, 0.6) is 5.75 Å². The number of pyridine rings is 1. The number of likely N-dealkylation sites (tertiary alicyclic amines) is 1. The lowest BCUT2D eigenvalue weighted by Gasteiger charge is -2.25. The molecule has 1 aromatic heterocycles. The van der Waals surface area contributed by atoms with Gasteiger partial charge < -0.3 is 19.5 Å². The van der Waals surface area contributed by atoms with Crippen LogP contribution in [0.2, 0.25) is 0 Å². The first-order valence-electron chi connectivity index (χ1n) is 7.64. The quantitative estimate of drug-likeness (QED) is 0.859. The minimum Gasteiger partial charge on any atom is -0.497 e. The number of ether oxygens (including phenoxy) is 2. The second-order valence-corrected chi connectivity index (χ2v) is 5.76. The standard InChI is InChI=1S/C16H22N2O5/c1-10(2)23-9-11-5-4-6-18(11)15(19)13-7-12(22-3)8-14(17-13)16(20)21/h7-8,10-11H,4-6,9H2,1-3H3,(H,20,21). The number of aromatic nitrogens is 1. The van der Waals surface area contributed by atoms with Gasteiger partial charge in [-0.1, -0.05) is 0 Å². The Labute approximate surface area is 135 Å². The molecule has 0 aliphatic carbocycles. The average molecular weight is 322 g/mol. The molecule has 1 unspecified atom stereocenters. The zero-order valence-corrected chi connectivity index (χ0v) is 13.6. The zero-order chi connectivity index (χ0) is 17.0. The molecule has 126 valence electrons. The number of carbonyl (C=O) groups is 2. The molecule has 1 aliphatic heterocycles. The van der Waals surface area contributed by atoms with Crippen LogP contribution in [0.15, 0.2) is 12.1 Å². The number of carbonyl (C=O) groups excluding carboxylic acids is 1. The molecule has 0 bridgehead atoms. The van der Waals surface area contributed by atoms with Gasteiger partial charge in [0.2, 0.25) is 0 Å². The fourth-order valence-corrected chi connectivity index (χ4v) is 2.57. The first-order valence-corrected chi connectivity index (χ1v) is 7.64. The van der Waals surface area contributed by atoms with Crippen molar-refractivity contribution >= 4 is 11.9 Å². The predicted molar refractivity (Wildman–Crippen MR) is 82.9 cm³/mol. The molecule has 1 aliphatic rings. The number of hydrogen-bond acceptors (Lipinski definition) is 5. The number of carboxylic acids is 1. The van der Waals surface area contributed by atoms with E-state index < -0.39 is 5.97 Å². The van der Waals surface area contributed by atoms with Crippen LogP contribution >= 0.6 is 0 Å². The number of amides is 1. The number of hydrogen-bond donors (Lipinski definition) is 1. The molecule has 1 aromatic rings. The summed E-state index contributed by atoms with van der Waals surface area (Å²) < 4.78 is 10.7. The minimum atomic E-state index is -1.20. The van der Waals surface area contributed by atoms with E-state index in [1.54, 1.807) is 4.90 Å². The van der Waals surface area contributed by atoms with Gasteiger partial charge in [-0.2, -0.15) is 0 Å². The maximum atomic E-state index is 12.7. The lowest BCUT2D eigenvalue weighted by atomic mass is 10.2. The Balaban J connectivity index is 2.21. The van der Waals surface area contributed by atoms with Crippen LogP contribution in [0.3, 0.4) is 0 Å². The van der Waals surface area contributed by atoms with E-state index in [0.29, 0.717) is 18.9 Å². The van der Waals surface area contributed by atoms with Crippen LogP contribution in [0.1, 0.15) is 47.7 Å². The molecule has 7 nitrogen and oxygen atoms in total. The van der Waals surface area contributed by atoms with Gasteiger partial charge in [-0.3, -0.25) is 4.79 Å². The summed E-state index contributed by atoms with van der Waals surface area (Å²) in [5, 5.41) is 9.11. The van der Waals surface area contributed by atoms with E-state index in [4.69, 9.17) is 14.6 Å². The summed E-state index contributed by atoms with van der Waals surface area (Å²) >= 11 is 0. The first-order chi connectivity index (χ1) is 10.9. The number of rotatable bonds is 6. The maximum absolute atomic E-state index is 12.7. The Morgan fingerprint density at radius 3 is 2.70 bits per heavy atom. The number of methoxy groups -OCH3 is 1. The molecule has 2 rings (SSSR count). The molecule has 1 amide bonds. The van der Waals surface area contributed by atoms with E-state index in [9.17, 15) is 9.59 Å². The summed E-state index contributed by atoms with van der Waals surface area (Å²) in [6.45, 7) is 4.99. The number of carboxylic acid groups (broad SMARTS) is 1. The Bertz CT molecular complexity index is 588. The van der Waals surface area contributed by atoms with Crippen molar-refractivity contribution < 1.29 is 24.2 Å². The molecule has 1 fully saturated rings. The predicted octanol–water partition coefficient (Wildman–Crippen LogP) is 1.82. The molecular weight excluding hydrogens is 300 g/mol. The molecule has 0 aromatic carbocycles. The summed E-state index contributed by atoms with van der Waals surface area (Å²) in [7, 11) is 1.42. The van der Waals surface area contributed by atoms with Crippen LogP contribution in [0.4, 0.5) is 0 Å². The normalized spacial score (nSPS) is 17.6. The van der Waals surface area contributed by atoms with Crippen LogP contribution in [-0.4, -0.2) is 59.3 Å². The second-order valence-electron chi connectivity index (χ2n) is 5.76. The van der Waals surface area contributed by atoms with Crippen molar-refractivity contribution in [3.05, 3.63) is 23.5 Å². The summed E-state index contributed by atoms with van der Waals surface area (Å²) in [6.07, 6.45) is 1.86. The second kappa shape index (κ2) is 7.41. The van der Waals surface area contributed by atoms with Crippen molar-refractivity contribution in [2.45, 2.75) is 38.8 Å². The Morgan fingerprint density at radius 2 is 2.09 bits per heavy atom. The van der Waals surface area contributed by atoms with Gasteiger partial charge in [0.1, 0.15) is 11.4 Å². The van der Waals surface area contributed by atoms with Crippen molar-refractivity contribution in [3.8, 4) is 5.75 Å². The van der Waals surface area contributed by atoms with E-state index in [0.717, 1.165) is 12.8 Å². The molecule has 0 spiro atoms. The van der Waals surface area contributed by atoms with Crippen molar-refractivity contribution in [2.24, 2.45) is 0 Å². The minimum absolute atomic E-state index is 0.00817. The summed E-state index contributed by atoms with van der Waals surface area (Å²) in [5.74, 6) is -1.18. The third-order valence-electron chi connectivity index (χ3n) is 3.73. The van der Waals surface area contributed by atoms with E-state index in [-0.39, 0.29) is 29.4 Å². The highest BCUT2D eigenvalue weighted by atomic mass is 16.5.